The van der Waals surface area contributed by atoms with Gasteiger partial charge < -0.3 is 36.0 Å². The second kappa shape index (κ2) is 27.0. The van der Waals surface area contributed by atoms with Crippen molar-refractivity contribution in [1.82, 2.24) is 43.9 Å². The fourth-order valence-corrected chi connectivity index (χ4v) is 12.8. The van der Waals surface area contributed by atoms with E-state index in [2.05, 4.69) is 74.6 Å². The lowest BCUT2D eigenvalue weighted by atomic mass is 10.00. The van der Waals surface area contributed by atoms with Crippen LogP contribution in [-0.4, -0.2) is 118 Å². The average molecular weight is 1200 g/mol. The Balaban J connectivity index is 0.000000142. The number of fused-ring (bicyclic) bond motifs is 2. The van der Waals surface area contributed by atoms with Gasteiger partial charge in [0.2, 0.25) is 0 Å². The van der Waals surface area contributed by atoms with E-state index in [0.717, 1.165) is 137 Å². The number of nitrogens with one attached hydrogen (secondary N) is 3. The fourth-order valence-electron chi connectivity index (χ4n) is 10.1. The molecule has 2 saturated heterocycles. The maximum Gasteiger partial charge on any atom is 0.267 e. The predicted octanol–water partition coefficient (Wildman–Crippen LogP) is 12.6. The first-order valence-corrected chi connectivity index (χ1v) is 30.8. The fraction of sp³-hybridized carbons (Fsp3) is 0.212. The molecule has 2 aliphatic rings. The quantitative estimate of drug-likeness (QED) is 0.0595. The number of nitrogens with zero attached hydrogens (tertiary/aromatic N) is 8. The van der Waals surface area contributed by atoms with Gasteiger partial charge in [-0.25, -0.2) is 15.0 Å². The van der Waals surface area contributed by atoms with Crippen LogP contribution in [0, 0.1) is 27.7 Å². The van der Waals surface area contributed by atoms with Crippen LogP contribution < -0.4 is 16.0 Å². The van der Waals surface area contributed by atoms with Crippen molar-refractivity contribution in [1.29, 1.82) is 0 Å². The molecule has 2 fully saturated rings. The standard InChI is InChI=1S/C26H24N6O2S2.C26H29N5OS.C14H12O3/c1-17-23(36-25(28-17)18-5-4-8-27-13-18)24(33)29-21-7-3-2-6-20(21)22-15-32-19(16-35-26(32)30-22)14-31-9-11-34-12-10-31;1-17-12-20(13-18(2)19(17)3)25(32)28-23-7-5-4-6-22(23)24-15-31-21(16-33-26(31)29-24)14-30-10-8-27-9-11-30;15-12-5-3-10(4-6-12)1-2-11-7-13(16)9-14(17)8-11/h2-8,13,15-16H,9-12,14H2,1H3,(H,29,33);4-7,12-13,15-16,27H,8-11,14H2,1-3H3,(H,28,32);1-9,15-17H/b;;2-1+. The number of imidazole rings is 2. The van der Waals surface area contributed by atoms with Crippen LogP contribution in [0.3, 0.4) is 0 Å². The molecule has 8 heterocycles. The SMILES string of the molecule is Cc1cc(C(=O)Nc2ccccc2-c2cn3c(CN4CCNCC4)csc3n2)cc(C)c1C.Cc1nc(-c2cccnc2)sc1C(=O)Nc1ccccc1-c1cn2c(CN3CCOCC3)csc2n1.Oc1ccc(/C=C/c2cc(O)cc(O)c2)cc1. The molecule has 13 rings (SSSR count). The number of hydrogen-bond donors (Lipinski definition) is 6. The van der Waals surface area contributed by atoms with Gasteiger partial charge in [0, 0.05) is 128 Å². The number of morpholine rings is 1. The summed E-state index contributed by atoms with van der Waals surface area (Å²) in [6.07, 6.45) is 11.2. The number of pyridine rings is 1. The molecule has 0 saturated carbocycles. The van der Waals surface area contributed by atoms with Crippen molar-refractivity contribution in [2.45, 2.75) is 40.8 Å². The van der Waals surface area contributed by atoms with Gasteiger partial charge in [0.1, 0.15) is 27.1 Å². The van der Waals surface area contributed by atoms with Gasteiger partial charge in [-0.05, 0) is 116 Å². The second-order valence-electron chi connectivity index (χ2n) is 21.0. The van der Waals surface area contributed by atoms with Crippen molar-refractivity contribution >= 4 is 79.3 Å². The molecule has 0 atom stereocenters. The van der Waals surface area contributed by atoms with Crippen molar-refractivity contribution in [2.24, 2.45) is 0 Å². The third-order valence-corrected chi connectivity index (χ3v) is 17.9. The van der Waals surface area contributed by atoms with E-state index >= 15 is 0 Å². The summed E-state index contributed by atoms with van der Waals surface area (Å²) in [7, 11) is 0. The second-order valence-corrected chi connectivity index (χ2v) is 23.7. The molecule has 5 aromatic carbocycles. The molecular weight excluding hydrogens is 1140 g/mol. The van der Waals surface area contributed by atoms with E-state index in [-0.39, 0.29) is 29.1 Å². The number of carbonyl (C=O) groups excluding carboxylic acids is 2. The Morgan fingerprint density at radius 3 is 1.77 bits per heavy atom. The number of carbonyl (C=O) groups is 2. The number of phenolic OH excluding ortho intramolecular Hbond substituents is 3. The Hall–Kier alpha value is -8.86. The third-order valence-electron chi connectivity index (χ3n) is 14.9. The number of aromatic nitrogens is 6. The Morgan fingerprint density at radius 1 is 0.628 bits per heavy atom. The van der Waals surface area contributed by atoms with E-state index in [1.807, 2.05) is 99.6 Å². The number of amides is 2. The lowest BCUT2D eigenvalue weighted by molar-refractivity contribution is 0.0336. The molecule has 11 aromatic rings. The molecular formula is C66H65N11O6S3. The van der Waals surface area contributed by atoms with E-state index in [1.54, 1.807) is 77.5 Å². The minimum absolute atomic E-state index is 0.0235. The van der Waals surface area contributed by atoms with Crippen LogP contribution in [0.1, 0.15) is 64.9 Å². The summed E-state index contributed by atoms with van der Waals surface area (Å²) in [5.74, 6) is -0.0152. The molecule has 20 heteroatoms. The summed E-state index contributed by atoms with van der Waals surface area (Å²) < 4.78 is 9.82. The number of ether oxygens (including phenoxy) is 1. The van der Waals surface area contributed by atoms with Crippen LogP contribution in [0.4, 0.5) is 11.4 Å². The van der Waals surface area contributed by atoms with Crippen molar-refractivity contribution in [2.75, 3.05) is 63.1 Å². The molecule has 0 aliphatic carbocycles. The van der Waals surface area contributed by atoms with Gasteiger partial charge in [-0.15, -0.1) is 34.0 Å². The minimum Gasteiger partial charge on any atom is -0.508 e. The summed E-state index contributed by atoms with van der Waals surface area (Å²) in [6, 6.07) is 34.5. The zero-order valence-electron chi connectivity index (χ0n) is 48.0. The summed E-state index contributed by atoms with van der Waals surface area (Å²) >= 11 is 4.66. The van der Waals surface area contributed by atoms with Gasteiger partial charge >= 0.3 is 0 Å². The number of rotatable bonds is 13. The average Bonchev–Trinajstić information content (AvgIpc) is 2.74. The number of benzene rings is 5. The zero-order chi connectivity index (χ0) is 59.7. The molecule has 86 heavy (non-hydrogen) atoms. The predicted molar refractivity (Wildman–Crippen MR) is 345 cm³/mol. The highest BCUT2D eigenvalue weighted by molar-refractivity contribution is 7.17. The van der Waals surface area contributed by atoms with Gasteiger partial charge in [-0.2, -0.15) is 0 Å². The Labute approximate surface area is 510 Å². The molecule has 2 aliphatic heterocycles. The Bertz CT molecular complexity index is 4150. The molecule has 0 unspecified atom stereocenters. The van der Waals surface area contributed by atoms with Gasteiger partial charge in [-0.1, -0.05) is 60.7 Å². The van der Waals surface area contributed by atoms with Crippen LogP contribution >= 0.6 is 34.0 Å². The maximum atomic E-state index is 13.3. The Kier molecular flexibility index (Phi) is 18.5. The van der Waals surface area contributed by atoms with E-state index in [4.69, 9.17) is 19.8 Å². The first-order valence-electron chi connectivity index (χ1n) is 28.2. The number of phenols is 3. The Morgan fingerprint density at radius 2 is 1.19 bits per heavy atom. The zero-order valence-corrected chi connectivity index (χ0v) is 50.5. The van der Waals surface area contributed by atoms with Crippen LogP contribution in [0.15, 0.2) is 151 Å². The van der Waals surface area contributed by atoms with Gasteiger partial charge in [0.05, 0.1) is 41.7 Å². The number of aryl methyl sites for hydroxylation is 3. The molecule has 17 nitrogen and oxygen atoms in total. The smallest absolute Gasteiger partial charge is 0.267 e. The monoisotopic (exact) mass is 1200 g/mol. The lowest BCUT2D eigenvalue weighted by Gasteiger charge is -2.26. The molecule has 0 radical (unpaired) electrons. The molecule has 0 bridgehead atoms. The summed E-state index contributed by atoms with van der Waals surface area (Å²) in [5.41, 5.74) is 14.8. The topological polar surface area (TPSA) is 207 Å². The van der Waals surface area contributed by atoms with E-state index < -0.39 is 0 Å². The summed E-state index contributed by atoms with van der Waals surface area (Å²) in [5, 5.41) is 42.5. The molecule has 438 valence electrons. The highest BCUT2D eigenvalue weighted by Gasteiger charge is 2.22. The van der Waals surface area contributed by atoms with Crippen LogP contribution in [0.5, 0.6) is 17.2 Å². The van der Waals surface area contributed by atoms with Crippen LogP contribution in [0.2, 0.25) is 0 Å². The number of aromatic hydroxyl groups is 3. The number of thiazole rings is 3. The molecule has 6 N–H and O–H groups in total. The number of piperazine rings is 1. The first kappa shape index (κ1) is 58.9. The minimum atomic E-state index is -0.179. The van der Waals surface area contributed by atoms with Gasteiger partial charge in [-0.3, -0.25) is 33.2 Å². The van der Waals surface area contributed by atoms with Crippen molar-refractivity contribution in [3.8, 4) is 50.3 Å². The van der Waals surface area contributed by atoms with Gasteiger partial charge in [0.25, 0.3) is 11.8 Å². The van der Waals surface area contributed by atoms with E-state index in [0.29, 0.717) is 21.7 Å². The third kappa shape index (κ3) is 14.3. The first-order chi connectivity index (χ1) is 41.8. The molecule has 0 spiro atoms. The van der Waals surface area contributed by atoms with Crippen molar-refractivity contribution in [3.63, 3.8) is 0 Å². The molecule has 2 amide bonds. The van der Waals surface area contributed by atoms with Crippen LogP contribution in [0.25, 0.3) is 55.2 Å². The summed E-state index contributed by atoms with van der Waals surface area (Å²) in [4.78, 5) is 52.2. The lowest BCUT2D eigenvalue weighted by Crippen LogP contribution is -2.43. The maximum absolute atomic E-state index is 13.3. The molecule has 6 aromatic heterocycles. The normalized spacial score (nSPS) is 13.8. The summed E-state index contributed by atoms with van der Waals surface area (Å²) in [6.45, 7) is 17.4. The van der Waals surface area contributed by atoms with Crippen molar-refractivity contribution in [3.05, 3.63) is 206 Å². The highest BCUT2D eigenvalue weighted by Crippen LogP contribution is 2.34. The number of anilines is 2. The largest absolute Gasteiger partial charge is 0.508 e. The van der Waals surface area contributed by atoms with Crippen molar-refractivity contribution < 1.29 is 29.6 Å². The van der Waals surface area contributed by atoms with Crippen LogP contribution in [-0.2, 0) is 17.8 Å². The number of para-hydroxylation sites is 2. The van der Waals surface area contributed by atoms with E-state index in [1.165, 1.54) is 34.4 Å². The van der Waals surface area contributed by atoms with Gasteiger partial charge in [0.15, 0.2) is 9.92 Å². The van der Waals surface area contributed by atoms with E-state index in [9.17, 15) is 19.8 Å². The number of hydrogen-bond acceptors (Lipinski definition) is 16. The highest BCUT2D eigenvalue weighted by atomic mass is 32.1.